The molecule has 3 heterocycles. The zero-order valence-electron chi connectivity index (χ0n) is 14.5. The van der Waals surface area contributed by atoms with Gasteiger partial charge in [0.2, 0.25) is 0 Å². The van der Waals surface area contributed by atoms with Crippen LogP contribution in [0.25, 0.3) is 11.0 Å². The van der Waals surface area contributed by atoms with Gasteiger partial charge in [-0.05, 0) is 12.0 Å². The second-order valence-electron chi connectivity index (χ2n) is 6.44. The Bertz CT molecular complexity index is 903. The lowest BCUT2D eigenvalue weighted by Crippen LogP contribution is -2.33. The van der Waals surface area contributed by atoms with Crippen molar-refractivity contribution in [1.29, 1.82) is 0 Å². The Labute approximate surface area is 155 Å². The molecule has 4 atom stereocenters. The van der Waals surface area contributed by atoms with Crippen LogP contribution in [0.15, 0.2) is 42.9 Å². The van der Waals surface area contributed by atoms with E-state index < -0.39 is 31.1 Å². The highest BCUT2D eigenvalue weighted by molar-refractivity contribution is 5.86. The van der Waals surface area contributed by atoms with Crippen LogP contribution in [0, 0.1) is 0 Å². The van der Waals surface area contributed by atoms with Gasteiger partial charge in [-0.25, -0.2) is 14.6 Å². The smallest absolute Gasteiger partial charge is 0.181 e. The summed E-state index contributed by atoms with van der Waals surface area (Å²) in [5, 5.41) is 37.7. The molecule has 4 N–H and O–H groups in total. The molecule has 9 nitrogen and oxygen atoms in total. The molecule has 4 rings (SSSR count). The third kappa shape index (κ3) is 3.37. The van der Waals surface area contributed by atoms with Gasteiger partial charge in [-0.3, -0.25) is 0 Å². The highest BCUT2D eigenvalue weighted by Crippen LogP contribution is 2.31. The van der Waals surface area contributed by atoms with Crippen LogP contribution in [0.5, 0.6) is 0 Å². The molecule has 2 aromatic heterocycles. The summed E-state index contributed by atoms with van der Waals surface area (Å²) in [5.74, 6) is 0.633. The maximum absolute atomic E-state index is 10.2. The summed E-state index contributed by atoms with van der Waals surface area (Å²) in [6, 6.07) is 10.1. The maximum Gasteiger partial charge on any atom is 0.181 e. The highest BCUT2D eigenvalue weighted by Gasteiger charge is 2.44. The molecule has 4 unspecified atom stereocenters. The molecule has 0 radical (unpaired) electrons. The number of nitrogens with one attached hydrogen (secondary N) is 1. The topological polar surface area (TPSA) is 126 Å². The summed E-state index contributed by atoms with van der Waals surface area (Å²) in [4.78, 5) is 8.51. The molecule has 0 bridgehead atoms. The molecule has 9 heteroatoms. The van der Waals surface area contributed by atoms with Crippen molar-refractivity contribution in [3.05, 3.63) is 48.4 Å². The van der Waals surface area contributed by atoms with Crippen molar-refractivity contribution in [3.63, 3.8) is 0 Å². The monoisotopic (exact) mass is 371 g/mol. The van der Waals surface area contributed by atoms with Gasteiger partial charge in [-0.2, -0.15) is 5.10 Å². The standard InChI is InChI=1S/C18H21N5O4/c24-9-13-14(25)15(26)18(27-13)23-17-12(8-22-23)16(20-10-21-17)19-7-6-11-4-2-1-3-5-11/h1-5,8,10,13-15,18,24-26H,6-7,9H2,(H,19,20,21). The van der Waals surface area contributed by atoms with Crippen LogP contribution in [0.2, 0.25) is 0 Å². The summed E-state index contributed by atoms with van der Waals surface area (Å²) in [5.41, 5.74) is 1.69. The molecule has 1 aromatic carbocycles. The van der Waals surface area contributed by atoms with Gasteiger partial charge < -0.3 is 25.4 Å². The summed E-state index contributed by atoms with van der Waals surface area (Å²) in [6.07, 6.45) is -0.354. The number of ether oxygens (including phenoxy) is 1. The van der Waals surface area contributed by atoms with Crippen molar-refractivity contribution < 1.29 is 20.1 Å². The number of nitrogens with zero attached hydrogens (tertiary/aromatic N) is 4. The van der Waals surface area contributed by atoms with E-state index in [1.54, 1.807) is 6.20 Å². The highest BCUT2D eigenvalue weighted by atomic mass is 16.6. The van der Waals surface area contributed by atoms with E-state index in [1.165, 1.54) is 16.6 Å². The predicted molar refractivity (Wildman–Crippen MR) is 97.0 cm³/mol. The molecule has 0 aliphatic carbocycles. The molecule has 0 amide bonds. The summed E-state index contributed by atoms with van der Waals surface area (Å²) in [7, 11) is 0. The van der Waals surface area contributed by atoms with Crippen molar-refractivity contribution in [3.8, 4) is 0 Å². The lowest BCUT2D eigenvalue weighted by molar-refractivity contribution is -0.0566. The number of aliphatic hydroxyl groups excluding tert-OH is 3. The fraction of sp³-hybridized carbons (Fsp3) is 0.389. The zero-order chi connectivity index (χ0) is 18.8. The normalized spacial score (nSPS) is 25.1. The first kappa shape index (κ1) is 17.8. The molecule has 1 aliphatic rings. The number of aliphatic hydroxyl groups is 3. The number of rotatable bonds is 6. The van der Waals surface area contributed by atoms with Crippen molar-refractivity contribution in [2.24, 2.45) is 0 Å². The van der Waals surface area contributed by atoms with Crippen LogP contribution < -0.4 is 5.32 Å². The number of aromatic nitrogens is 4. The molecule has 142 valence electrons. The van der Waals surface area contributed by atoms with E-state index >= 15 is 0 Å². The number of anilines is 1. The Balaban J connectivity index is 1.53. The molecular formula is C18H21N5O4. The third-order valence-corrected chi connectivity index (χ3v) is 4.70. The summed E-state index contributed by atoms with van der Waals surface area (Å²) in [6.45, 7) is 0.296. The van der Waals surface area contributed by atoms with Gasteiger partial charge in [0.15, 0.2) is 11.9 Å². The number of hydrogen-bond acceptors (Lipinski definition) is 8. The van der Waals surface area contributed by atoms with Crippen molar-refractivity contribution in [1.82, 2.24) is 19.7 Å². The Morgan fingerprint density at radius 2 is 1.93 bits per heavy atom. The van der Waals surface area contributed by atoms with E-state index in [4.69, 9.17) is 4.74 Å². The minimum Gasteiger partial charge on any atom is -0.394 e. The van der Waals surface area contributed by atoms with Crippen LogP contribution in [0.3, 0.4) is 0 Å². The predicted octanol–water partition coefficient (Wildman–Crippen LogP) is 0.0924. The average molecular weight is 371 g/mol. The third-order valence-electron chi connectivity index (χ3n) is 4.70. The average Bonchev–Trinajstić information content (AvgIpc) is 3.25. The van der Waals surface area contributed by atoms with E-state index in [-0.39, 0.29) is 0 Å². The first-order chi connectivity index (χ1) is 13.2. The van der Waals surface area contributed by atoms with Crippen LogP contribution in [0.4, 0.5) is 5.82 Å². The van der Waals surface area contributed by atoms with Gasteiger partial charge in [-0.15, -0.1) is 0 Å². The van der Waals surface area contributed by atoms with Gasteiger partial charge in [0.05, 0.1) is 18.2 Å². The van der Waals surface area contributed by atoms with Gasteiger partial charge in [0, 0.05) is 6.54 Å². The van der Waals surface area contributed by atoms with Gasteiger partial charge in [0.1, 0.15) is 30.5 Å². The fourth-order valence-corrected chi connectivity index (χ4v) is 3.24. The summed E-state index contributed by atoms with van der Waals surface area (Å²) < 4.78 is 6.94. The second kappa shape index (κ2) is 7.57. The van der Waals surface area contributed by atoms with Crippen LogP contribution >= 0.6 is 0 Å². The minimum absolute atomic E-state index is 0.394. The molecule has 0 spiro atoms. The maximum atomic E-state index is 10.2. The van der Waals surface area contributed by atoms with Gasteiger partial charge in [0.25, 0.3) is 0 Å². The lowest BCUT2D eigenvalue weighted by atomic mass is 10.1. The van der Waals surface area contributed by atoms with Crippen LogP contribution in [-0.2, 0) is 11.2 Å². The van der Waals surface area contributed by atoms with E-state index in [9.17, 15) is 15.3 Å². The molecule has 27 heavy (non-hydrogen) atoms. The van der Waals surface area contributed by atoms with Gasteiger partial charge in [-0.1, -0.05) is 30.3 Å². The SMILES string of the molecule is OCC1OC(n2ncc3c(NCCc4ccccc4)ncnc32)C(O)C1O. The van der Waals surface area contributed by atoms with E-state index in [0.717, 1.165) is 6.42 Å². The first-order valence-electron chi connectivity index (χ1n) is 8.77. The van der Waals surface area contributed by atoms with Crippen LogP contribution in [-0.4, -0.2) is 66.5 Å². The quantitative estimate of drug-likeness (QED) is 0.480. The number of hydrogen-bond donors (Lipinski definition) is 4. The second-order valence-corrected chi connectivity index (χ2v) is 6.44. The van der Waals surface area contributed by atoms with Crippen molar-refractivity contribution in [2.45, 2.75) is 31.0 Å². The molecule has 0 saturated carbocycles. The fourth-order valence-electron chi connectivity index (χ4n) is 3.24. The van der Waals surface area contributed by atoms with E-state index in [0.29, 0.717) is 23.4 Å². The Kier molecular flexibility index (Phi) is 4.99. The molecule has 1 saturated heterocycles. The van der Waals surface area contributed by atoms with Gasteiger partial charge >= 0.3 is 0 Å². The Morgan fingerprint density at radius 1 is 1.11 bits per heavy atom. The molecular weight excluding hydrogens is 350 g/mol. The van der Waals surface area contributed by atoms with Crippen molar-refractivity contribution >= 4 is 16.9 Å². The molecule has 1 aliphatic heterocycles. The number of benzene rings is 1. The first-order valence-corrected chi connectivity index (χ1v) is 8.77. The summed E-state index contributed by atoms with van der Waals surface area (Å²) >= 11 is 0. The van der Waals surface area contributed by atoms with E-state index in [2.05, 4.69) is 32.5 Å². The largest absolute Gasteiger partial charge is 0.394 e. The zero-order valence-corrected chi connectivity index (χ0v) is 14.5. The Hall–Kier alpha value is -2.59. The van der Waals surface area contributed by atoms with Crippen molar-refractivity contribution in [2.75, 3.05) is 18.5 Å². The minimum atomic E-state index is -1.21. The van der Waals surface area contributed by atoms with Crippen LogP contribution in [0.1, 0.15) is 11.8 Å². The molecule has 1 fully saturated rings. The Morgan fingerprint density at radius 3 is 2.67 bits per heavy atom. The molecule has 3 aromatic rings. The lowest BCUT2D eigenvalue weighted by Gasteiger charge is -2.15. The number of fused-ring (bicyclic) bond motifs is 1. The van der Waals surface area contributed by atoms with E-state index in [1.807, 2.05) is 18.2 Å².